The number of rotatable bonds is 4. The summed E-state index contributed by atoms with van der Waals surface area (Å²) in [6.45, 7) is 1.71. The minimum Gasteiger partial charge on any atom is -0.465 e. The van der Waals surface area contributed by atoms with Crippen LogP contribution in [0.1, 0.15) is 33.8 Å². The number of carbonyl (C=O) groups is 1. The van der Waals surface area contributed by atoms with E-state index in [-0.39, 0.29) is 30.5 Å². The summed E-state index contributed by atoms with van der Waals surface area (Å²) in [6, 6.07) is 4.55. The molecule has 1 unspecified atom stereocenters. The third kappa shape index (κ3) is 4.63. The summed E-state index contributed by atoms with van der Waals surface area (Å²) in [5, 5.41) is -0.0501. The van der Waals surface area contributed by atoms with Crippen LogP contribution in [-0.2, 0) is 4.74 Å². The van der Waals surface area contributed by atoms with Crippen LogP contribution >= 0.6 is 11.6 Å². The van der Waals surface area contributed by atoms with Crippen LogP contribution in [0.4, 0.5) is 8.78 Å². The van der Waals surface area contributed by atoms with Crippen molar-refractivity contribution in [2.45, 2.75) is 25.2 Å². The zero-order valence-corrected chi connectivity index (χ0v) is 15.9. The Balaban J connectivity index is 2.41. The second-order valence-corrected chi connectivity index (χ2v) is 6.88. The lowest BCUT2D eigenvalue weighted by Crippen LogP contribution is -2.46. The third-order valence-corrected chi connectivity index (χ3v) is 4.71. The average Bonchev–Trinajstić information content (AvgIpc) is 2.59. The summed E-state index contributed by atoms with van der Waals surface area (Å²) in [7, 11) is 1.26. The van der Waals surface area contributed by atoms with Gasteiger partial charge >= 0.3 is 5.97 Å². The number of hydrogen-bond donors (Lipinski definition) is 3. The summed E-state index contributed by atoms with van der Waals surface area (Å²) in [5.41, 5.74) is 18.5. The van der Waals surface area contributed by atoms with Crippen molar-refractivity contribution in [2.75, 3.05) is 20.2 Å². The lowest BCUT2D eigenvalue weighted by Gasteiger charge is -2.41. The number of carbonyl (C=O) groups excluding carboxylic acids is 1. The molecule has 2 rings (SSSR count). The van der Waals surface area contributed by atoms with Crippen LogP contribution in [0.25, 0.3) is 0 Å². The van der Waals surface area contributed by atoms with Crippen molar-refractivity contribution >= 4 is 17.6 Å². The van der Waals surface area contributed by atoms with E-state index in [1.807, 2.05) is 0 Å². The molecule has 1 aliphatic rings. The molecule has 0 spiro atoms. The fourth-order valence-electron chi connectivity index (χ4n) is 3.25. The first kappa shape index (κ1) is 20.8. The Kier molecular flexibility index (Phi) is 6.20. The summed E-state index contributed by atoms with van der Waals surface area (Å²) in [4.78, 5) is 13.3. The maximum Gasteiger partial charge on any atom is 0.337 e. The normalized spacial score (nSPS) is 19.5. The van der Waals surface area contributed by atoms with E-state index < -0.39 is 17.8 Å². The van der Waals surface area contributed by atoms with E-state index >= 15 is 0 Å². The SMILES string of the molecule is COC(=O)c1ccc(C2CN(C(/C=C(\N)Cl)=C(N)N)CCC2(F)F)c(C)c1. The first-order valence-electron chi connectivity index (χ1n) is 8.26. The van der Waals surface area contributed by atoms with Gasteiger partial charge in [0.15, 0.2) is 0 Å². The molecule has 1 fully saturated rings. The van der Waals surface area contributed by atoms with E-state index in [0.29, 0.717) is 22.4 Å². The van der Waals surface area contributed by atoms with Crippen LogP contribution in [0.3, 0.4) is 0 Å². The van der Waals surface area contributed by atoms with Gasteiger partial charge in [-0.1, -0.05) is 17.7 Å². The lowest BCUT2D eigenvalue weighted by atomic mass is 9.84. The number of likely N-dealkylation sites (tertiary alicyclic amines) is 1. The summed E-state index contributed by atoms with van der Waals surface area (Å²) in [5.74, 6) is -4.62. The van der Waals surface area contributed by atoms with E-state index in [9.17, 15) is 13.6 Å². The van der Waals surface area contributed by atoms with Crippen LogP contribution < -0.4 is 17.2 Å². The average molecular weight is 401 g/mol. The van der Waals surface area contributed by atoms with Gasteiger partial charge in [-0.05, 0) is 36.3 Å². The van der Waals surface area contributed by atoms with Gasteiger partial charge in [-0.3, -0.25) is 0 Å². The number of aryl methyl sites for hydroxylation is 1. The zero-order chi connectivity index (χ0) is 20.4. The number of alkyl halides is 2. The third-order valence-electron chi connectivity index (χ3n) is 4.61. The molecular formula is C18H23ClF2N4O2. The number of piperidine rings is 1. The fourth-order valence-corrected chi connectivity index (χ4v) is 3.35. The van der Waals surface area contributed by atoms with E-state index in [1.165, 1.54) is 25.3 Å². The number of methoxy groups -OCH3 is 1. The van der Waals surface area contributed by atoms with Crippen LogP contribution in [0.15, 0.2) is 40.9 Å². The van der Waals surface area contributed by atoms with Crippen molar-refractivity contribution in [1.82, 2.24) is 4.90 Å². The summed E-state index contributed by atoms with van der Waals surface area (Å²) >= 11 is 5.71. The van der Waals surface area contributed by atoms with Crippen molar-refractivity contribution in [1.29, 1.82) is 0 Å². The largest absolute Gasteiger partial charge is 0.465 e. The van der Waals surface area contributed by atoms with Gasteiger partial charge in [0.25, 0.3) is 5.92 Å². The van der Waals surface area contributed by atoms with Gasteiger partial charge in [0, 0.05) is 19.5 Å². The smallest absolute Gasteiger partial charge is 0.337 e. The second kappa shape index (κ2) is 8.04. The van der Waals surface area contributed by atoms with Crippen LogP contribution in [0.2, 0.25) is 0 Å². The Hall–Kier alpha value is -2.48. The quantitative estimate of drug-likeness (QED) is 0.406. The van der Waals surface area contributed by atoms with Crippen molar-refractivity contribution in [3.63, 3.8) is 0 Å². The van der Waals surface area contributed by atoms with Crippen molar-refractivity contribution in [2.24, 2.45) is 17.2 Å². The summed E-state index contributed by atoms with van der Waals surface area (Å²) < 4.78 is 34.1. The Morgan fingerprint density at radius 2 is 2.04 bits per heavy atom. The number of nitrogens with zero attached hydrogens (tertiary/aromatic N) is 1. The molecule has 1 aliphatic heterocycles. The van der Waals surface area contributed by atoms with E-state index in [1.54, 1.807) is 17.9 Å². The molecule has 27 heavy (non-hydrogen) atoms. The molecule has 0 amide bonds. The zero-order valence-electron chi connectivity index (χ0n) is 15.1. The Labute approximate surface area is 161 Å². The van der Waals surface area contributed by atoms with Crippen LogP contribution in [0, 0.1) is 6.92 Å². The lowest BCUT2D eigenvalue weighted by molar-refractivity contribution is -0.0695. The molecule has 1 heterocycles. The molecule has 6 N–H and O–H groups in total. The maximum absolute atomic E-state index is 14.7. The number of esters is 1. The highest BCUT2D eigenvalue weighted by molar-refractivity contribution is 6.29. The topological polar surface area (TPSA) is 108 Å². The molecule has 0 radical (unpaired) electrons. The monoisotopic (exact) mass is 400 g/mol. The molecule has 6 nitrogen and oxygen atoms in total. The minimum atomic E-state index is -2.93. The molecule has 0 aliphatic carbocycles. The molecule has 1 saturated heterocycles. The van der Waals surface area contributed by atoms with Gasteiger partial charge in [0.1, 0.15) is 11.0 Å². The molecule has 0 aromatic heterocycles. The summed E-state index contributed by atoms with van der Waals surface area (Å²) in [6.07, 6.45) is 0.966. The molecule has 1 atom stereocenters. The predicted molar refractivity (Wildman–Crippen MR) is 99.9 cm³/mol. The Morgan fingerprint density at radius 3 is 2.56 bits per heavy atom. The van der Waals surface area contributed by atoms with E-state index in [0.717, 1.165) is 0 Å². The van der Waals surface area contributed by atoms with Gasteiger partial charge in [0.05, 0.1) is 24.3 Å². The number of nitrogens with two attached hydrogens (primary N) is 3. The Bertz CT molecular complexity index is 788. The predicted octanol–water partition coefficient (Wildman–Crippen LogP) is 2.33. The molecule has 0 bridgehead atoms. The number of allylic oxidation sites excluding steroid dienone is 1. The van der Waals surface area contributed by atoms with Crippen molar-refractivity contribution < 1.29 is 18.3 Å². The Morgan fingerprint density at radius 1 is 1.37 bits per heavy atom. The van der Waals surface area contributed by atoms with Crippen molar-refractivity contribution in [3.05, 3.63) is 57.6 Å². The van der Waals surface area contributed by atoms with Gasteiger partial charge in [-0.15, -0.1) is 0 Å². The first-order valence-corrected chi connectivity index (χ1v) is 8.64. The molecule has 1 aromatic rings. The fraction of sp³-hybridized carbons (Fsp3) is 0.389. The minimum absolute atomic E-state index is 0.0285. The molecule has 0 saturated carbocycles. The van der Waals surface area contributed by atoms with Gasteiger partial charge in [-0.25, -0.2) is 13.6 Å². The second-order valence-electron chi connectivity index (χ2n) is 6.44. The number of benzene rings is 1. The molecule has 9 heteroatoms. The van der Waals surface area contributed by atoms with E-state index in [2.05, 4.69) is 4.74 Å². The molecular weight excluding hydrogens is 378 g/mol. The highest BCUT2D eigenvalue weighted by Crippen LogP contribution is 2.42. The molecule has 1 aromatic carbocycles. The van der Waals surface area contributed by atoms with Gasteiger partial charge in [0.2, 0.25) is 0 Å². The van der Waals surface area contributed by atoms with Gasteiger partial charge in [-0.2, -0.15) is 0 Å². The highest BCUT2D eigenvalue weighted by atomic mass is 35.5. The number of halogens is 3. The number of ether oxygens (including phenoxy) is 1. The van der Waals surface area contributed by atoms with Crippen molar-refractivity contribution in [3.8, 4) is 0 Å². The maximum atomic E-state index is 14.7. The van der Waals surface area contributed by atoms with E-state index in [4.69, 9.17) is 28.8 Å². The number of hydrogen-bond acceptors (Lipinski definition) is 6. The van der Waals surface area contributed by atoms with Crippen LogP contribution in [0.5, 0.6) is 0 Å². The van der Waals surface area contributed by atoms with Crippen LogP contribution in [-0.4, -0.2) is 37.0 Å². The van der Waals surface area contributed by atoms with Gasteiger partial charge < -0.3 is 26.8 Å². The molecule has 148 valence electrons. The highest BCUT2D eigenvalue weighted by Gasteiger charge is 2.45. The standard InChI is InChI=1S/C18H23ClF2N4O2/c1-10-7-11(17(26)27-2)3-4-12(10)13-9-25(6-5-18(13,20)21)14(16(23)24)8-15(19)22/h3-4,7-8,13H,5-6,9,22-24H2,1-2H3/b15-8-. The first-order chi connectivity index (χ1) is 12.6.